The fourth-order valence-electron chi connectivity index (χ4n) is 2.29. The van der Waals surface area contributed by atoms with Gasteiger partial charge in [-0.1, -0.05) is 37.3 Å². The summed E-state index contributed by atoms with van der Waals surface area (Å²) in [6, 6.07) is 18.8. The number of ether oxygens (including phenoxy) is 1. The van der Waals surface area contributed by atoms with Crippen molar-refractivity contribution in [2.75, 3.05) is 6.61 Å². The second-order valence-corrected chi connectivity index (χ2v) is 5.65. The SMILES string of the molecule is CCCOc1ccc(C=NNC(=O)c2cc(-c3ccccc3)n[nH]2)cc1. The number of aromatic amines is 1. The molecule has 0 bridgehead atoms. The van der Waals surface area contributed by atoms with E-state index in [0.29, 0.717) is 18.0 Å². The van der Waals surface area contributed by atoms with Gasteiger partial charge < -0.3 is 4.74 Å². The van der Waals surface area contributed by atoms with Gasteiger partial charge in [-0.3, -0.25) is 9.89 Å². The van der Waals surface area contributed by atoms with Gasteiger partial charge in [-0.05, 0) is 42.3 Å². The Morgan fingerprint density at radius 1 is 1.19 bits per heavy atom. The lowest BCUT2D eigenvalue weighted by Crippen LogP contribution is -2.17. The molecule has 26 heavy (non-hydrogen) atoms. The van der Waals surface area contributed by atoms with E-state index >= 15 is 0 Å². The summed E-state index contributed by atoms with van der Waals surface area (Å²) in [6.45, 7) is 2.75. The van der Waals surface area contributed by atoms with Gasteiger partial charge in [0.05, 0.1) is 18.5 Å². The van der Waals surface area contributed by atoms with Crippen molar-refractivity contribution < 1.29 is 9.53 Å². The molecule has 2 aromatic carbocycles. The number of aromatic nitrogens is 2. The Balaban J connectivity index is 1.57. The number of nitrogens with zero attached hydrogens (tertiary/aromatic N) is 2. The fraction of sp³-hybridized carbons (Fsp3) is 0.150. The monoisotopic (exact) mass is 348 g/mol. The Morgan fingerprint density at radius 3 is 2.69 bits per heavy atom. The number of H-pyrrole nitrogens is 1. The van der Waals surface area contributed by atoms with Crippen LogP contribution >= 0.6 is 0 Å². The topological polar surface area (TPSA) is 79.4 Å². The number of hydrogen-bond acceptors (Lipinski definition) is 4. The van der Waals surface area contributed by atoms with Crippen molar-refractivity contribution in [3.63, 3.8) is 0 Å². The molecule has 0 fully saturated rings. The second kappa shape index (κ2) is 8.62. The summed E-state index contributed by atoms with van der Waals surface area (Å²) in [5, 5.41) is 10.9. The van der Waals surface area contributed by atoms with Crippen molar-refractivity contribution in [3.8, 4) is 17.0 Å². The number of hydrazone groups is 1. The quantitative estimate of drug-likeness (QED) is 0.505. The summed E-state index contributed by atoms with van der Waals surface area (Å²) in [7, 11) is 0. The molecule has 3 aromatic rings. The first kappa shape index (κ1) is 17.4. The third kappa shape index (κ3) is 4.57. The van der Waals surface area contributed by atoms with Crippen molar-refractivity contribution in [3.05, 3.63) is 71.9 Å². The van der Waals surface area contributed by atoms with Crippen LogP contribution in [0.5, 0.6) is 5.75 Å². The molecule has 1 amide bonds. The number of carbonyl (C=O) groups excluding carboxylic acids is 1. The number of amides is 1. The molecule has 0 aliphatic rings. The largest absolute Gasteiger partial charge is 0.494 e. The van der Waals surface area contributed by atoms with Gasteiger partial charge in [0.1, 0.15) is 11.4 Å². The maximum Gasteiger partial charge on any atom is 0.289 e. The van der Waals surface area contributed by atoms with E-state index in [-0.39, 0.29) is 5.91 Å². The molecule has 0 spiro atoms. The van der Waals surface area contributed by atoms with E-state index in [1.807, 2.05) is 54.6 Å². The van der Waals surface area contributed by atoms with Crippen molar-refractivity contribution in [2.45, 2.75) is 13.3 Å². The smallest absolute Gasteiger partial charge is 0.289 e. The van der Waals surface area contributed by atoms with Crippen LogP contribution in [0.15, 0.2) is 65.8 Å². The number of carbonyl (C=O) groups is 1. The van der Waals surface area contributed by atoms with E-state index in [2.05, 4.69) is 27.6 Å². The van der Waals surface area contributed by atoms with Crippen LogP contribution in [-0.2, 0) is 0 Å². The maximum absolute atomic E-state index is 12.1. The van der Waals surface area contributed by atoms with Crippen LogP contribution in [0, 0.1) is 0 Å². The Kier molecular flexibility index (Phi) is 5.77. The number of rotatable bonds is 7. The van der Waals surface area contributed by atoms with Gasteiger partial charge in [-0.15, -0.1) is 0 Å². The molecular formula is C20H20N4O2. The highest BCUT2D eigenvalue weighted by Gasteiger charge is 2.09. The summed E-state index contributed by atoms with van der Waals surface area (Å²) in [5.41, 5.74) is 5.36. The molecule has 1 heterocycles. The standard InChI is InChI=1S/C20H20N4O2/c1-2-12-26-17-10-8-15(9-11-17)14-21-24-20(25)19-13-18(22-23-19)16-6-4-3-5-7-16/h3-11,13-14H,2,12H2,1H3,(H,22,23)(H,24,25). The van der Waals surface area contributed by atoms with Crippen molar-refractivity contribution >= 4 is 12.1 Å². The van der Waals surface area contributed by atoms with Gasteiger partial charge in [-0.25, -0.2) is 5.43 Å². The van der Waals surface area contributed by atoms with Crippen LogP contribution in [0.3, 0.4) is 0 Å². The lowest BCUT2D eigenvalue weighted by Gasteiger charge is -2.03. The summed E-state index contributed by atoms with van der Waals surface area (Å²) in [6.07, 6.45) is 2.55. The van der Waals surface area contributed by atoms with Crippen LogP contribution in [0.1, 0.15) is 29.4 Å². The van der Waals surface area contributed by atoms with Crippen molar-refractivity contribution in [1.82, 2.24) is 15.6 Å². The lowest BCUT2D eigenvalue weighted by molar-refractivity contribution is 0.0950. The van der Waals surface area contributed by atoms with Crippen molar-refractivity contribution in [1.29, 1.82) is 0 Å². The predicted octanol–water partition coefficient (Wildman–Crippen LogP) is 3.63. The van der Waals surface area contributed by atoms with Crippen LogP contribution in [0.4, 0.5) is 0 Å². The molecular weight excluding hydrogens is 328 g/mol. The Bertz CT molecular complexity index is 870. The summed E-state index contributed by atoms with van der Waals surface area (Å²) >= 11 is 0. The highest BCUT2D eigenvalue weighted by atomic mass is 16.5. The predicted molar refractivity (Wildman–Crippen MR) is 101 cm³/mol. The first-order chi connectivity index (χ1) is 12.8. The molecule has 0 unspecified atom stereocenters. The van der Waals surface area contributed by atoms with Crippen LogP contribution in [0.25, 0.3) is 11.3 Å². The average molecular weight is 348 g/mol. The lowest BCUT2D eigenvalue weighted by atomic mass is 10.1. The molecule has 0 saturated heterocycles. The van der Waals surface area contributed by atoms with Gasteiger partial charge in [0.15, 0.2) is 0 Å². The molecule has 0 atom stereocenters. The fourth-order valence-corrected chi connectivity index (χ4v) is 2.29. The van der Waals surface area contributed by atoms with E-state index in [4.69, 9.17) is 4.74 Å². The third-order valence-corrected chi connectivity index (χ3v) is 3.62. The zero-order valence-corrected chi connectivity index (χ0v) is 14.5. The minimum atomic E-state index is -0.348. The first-order valence-electron chi connectivity index (χ1n) is 8.43. The third-order valence-electron chi connectivity index (χ3n) is 3.62. The Labute approximate surface area is 151 Å². The number of hydrogen-bond donors (Lipinski definition) is 2. The van der Waals surface area contributed by atoms with Gasteiger partial charge >= 0.3 is 0 Å². The molecule has 2 N–H and O–H groups in total. The summed E-state index contributed by atoms with van der Waals surface area (Å²) < 4.78 is 5.52. The molecule has 0 aliphatic heterocycles. The highest BCUT2D eigenvalue weighted by Crippen LogP contribution is 2.16. The van der Waals surface area contributed by atoms with E-state index in [9.17, 15) is 4.79 Å². The normalized spacial score (nSPS) is 10.8. The Morgan fingerprint density at radius 2 is 1.96 bits per heavy atom. The van der Waals surface area contributed by atoms with Gasteiger partial charge in [-0.2, -0.15) is 10.2 Å². The van der Waals surface area contributed by atoms with Gasteiger partial charge in [0.25, 0.3) is 5.91 Å². The minimum Gasteiger partial charge on any atom is -0.494 e. The first-order valence-corrected chi connectivity index (χ1v) is 8.43. The zero-order valence-electron chi connectivity index (χ0n) is 14.5. The summed E-state index contributed by atoms with van der Waals surface area (Å²) in [4.78, 5) is 12.1. The highest BCUT2D eigenvalue weighted by molar-refractivity contribution is 5.94. The van der Waals surface area contributed by atoms with E-state index in [0.717, 1.165) is 23.3 Å². The van der Waals surface area contributed by atoms with E-state index in [1.54, 1.807) is 12.3 Å². The molecule has 6 nitrogen and oxygen atoms in total. The average Bonchev–Trinajstić information content (AvgIpc) is 3.18. The molecule has 1 aromatic heterocycles. The zero-order chi connectivity index (χ0) is 18.2. The minimum absolute atomic E-state index is 0.348. The molecule has 6 heteroatoms. The number of benzene rings is 2. The summed E-state index contributed by atoms with van der Waals surface area (Å²) in [5.74, 6) is 0.470. The van der Waals surface area contributed by atoms with E-state index < -0.39 is 0 Å². The van der Waals surface area contributed by atoms with Crippen LogP contribution in [-0.4, -0.2) is 28.9 Å². The molecule has 0 saturated carbocycles. The van der Waals surface area contributed by atoms with Crippen LogP contribution < -0.4 is 10.2 Å². The molecule has 3 rings (SSSR count). The van der Waals surface area contributed by atoms with E-state index in [1.165, 1.54) is 0 Å². The van der Waals surface area contributed by atoms with Crippen molar-refractivity contribution in [2.24, 2.45) is 5.10 Å². The number of nitrogens with one attached hydrogen (secondary N) is 2. The van der Waals surface area contributed by atoms with Crippen LogP contribution in [0.2, 0.25) is 0 Å². The van der Waals surface area contributed by atoms with Gasteiger partial charge in [0.2, 0.25) is 0 Å². The molecule has 0 radical (unpaired) electrons. The molecule has 0 aliphatic carbocycles. The van der Waals surface area contributed by atoms with Gasteiger partial charge in [0, 0.05) is 5.56 Å². The Hall–Kier alpha value is -3.41. The maximum atomic E-state index is 12.1. The molecule has 132 valence electrons. The second-order valence-electron chi connectivity index (χ2n) is 5.65.